The van der Waals surface area contributed by atoms with E-state index in [4.69, 9.17) is 56.8 Å². The molecular formula is C34H40O13. The van der Waals surface area contributed by atoms with E-state index in [2.05, 4.69) is 0 Å². The second-order valence-electron chi connectivity index (χ2n) is 11.7. The SMILES string of the molecule is COCc1c(C(=O)OC)c(-c2ccc3c(c2)OCO3)c2cc(OC)c(OC)cc2c1OC1OC(COC)C2OC(C)(C)OC2C1OC. The Labute approximate surface area is 272 Å². The number of benzene rings is 3. The fraction of sp³-hybridized carbons (Fsp3) is 0.500. The number of hydrogen-bond donors (Lipinski definition) is 0. The van der Waals surface area contributed by atoms with Gasteiger partial charge in [-0.25, -0.2) is 4.79 Å². The molecule has 5 atom stereocenters. The fourth-order valence-electron chi connectivity index (χ4n) is 6.53. The van der Waals surface area contributed by atoms with Crippen molar-refractivity contribution in [2.24, 2.45) is 0 Å². The average Bonchev–Trinajstić information content (AvgIpc) is 3.67. The van der Waals surface area contributed by atoms with E-state index in [9.17, 15) is 4.79 Å². The molecule has 2 fully saturated rings. The Morgan fingerprint density at radius 3 is 2.23 bits per heavy atom. The Kier molecular flexibility index (Phi) is 9.38. The highest BCUT2D eigenvalue weighted by Crippen LogP contribution is 2.49. The van der Waals surface area contributed by atoms with E-state index in [0.717, 1.165) is 0 Å². The van der Waals surface area contributed by atoms with Crippen LogP contribution in [0.5, 0.6) is 28.7 Å². The fourth-order valence-corrected chi connectivity index (χ4v) is 6.53. The molecular weight excluding hydrogens is 616 g/mol. The normalized spacial score (nSPS) is 24.2. The van der Waals surface area contributed by atoms with Gasteiger partial charge in [-0.1, -0.05) is 6.07 Å². The van der Waals surface area contributed by atoms with Crippen molar-refractivity contribution in [1.29, 1.82) is 0 Å². The largest absolute Gasteiger partial charge is 0.493 e. The second-order valence-corrected chi connectivity index (χ2v) is 11.7. The van der Waals surface area contributed by atoms with Crippen LogP contribution >= 0.6 is 0 Å². The van der Waals surface area contributed by atoms with Crippen LogP contribution in [0.3, 0.4) is 0 Å². The lowest BCUT2D eigenvalue weighted by molar-refractivity contribution is -0.261. The molecule has 0 spiro atoms. The zero-order valence-corrected chi connectivity index (χ0v) is 27.7. The van der Waals surface area contributed by atoms with Crippen LogP contribution in [0.15, 0.2) is 30.3 Å². The summed E-state index contributed by atoms with van der Waals surface area (Å²) in [4.78, 5) is 13.8. The number of ether oxygens (including phenoxy) is 12. The zero-order chi connectivity index (χ0) is 33.5. The highest BCUT2D eigenvalue weighted by molar-refractivity contribution is 6.13. The summed E-state index contributed by atoms with van der Waals surface area (Å²) >= 11 is 0. The van der Waals surface area contributed by atoms with Gasteiger partial charge in [0.1, 0.15) is 30.2 Å². The summed E-state index contributed by atoms with van der Waals surface area (Å²) < 4.78 is 71.0. The molecule has 3 aliphatic rings. The minimum absolute atomic E-state index is 0.0217. The van der Waals surface area contributed by atoms with Gasteiger partial charge in [0.15, 0.2) is 28.8 Å². The van der Waals surface area contributed by atoms with E-state index in [0.29, 0.717) is 56.2 Å². The summed E-state index contributed by atoms with van der Waals surface area (Å²) in [6, 6.07) is 9.04. The van der Waals surface area contributed by atoms with Crippen LogP contribution in [0.25, 0.3) is 21.9 Å². The third kappa shape index (κ3) is 5.92. The highest BCUT2D eigenvalue weighted by Gasteiger charge is 2.56. The molecule has 6 rings (SSSR count). The second kappa shape index (κ2) is 13.3. The van der Waals surface area contributed by atoms with Gasteiger partial charge in [0, 0.05) is 37.8 Å². The molecule has 13 heteroatoms. The molecule has 0 aliphatic carbocycles. The summed E-state index contributed by atoms with van der Waals surface area (Å²) in [5.74, 6) is 0.819. The smallest absolute Gasteiger partial charge is 0.339 e. The van der Waals surface area contributed by atoms with E-state index in [1.807, 2.05) is 26.0 Å². The maximum Gasteiger partial charge on any atom is 0.339 e. The maximum absolute atomic E-state index is 13.8. The predicted octanol–water partition coefficient (Wildman–Crippen LogP) is 4.47. The number of esters is 1. The van der Waals surface area contributed by atoms with Crippen molar-refractivity contribution in [1.82, 2.24) is 0 Å². The summed E-state index contributed by atoms with van der Waals surface area (Å²) in [6.45, 7) is 3.95. The minimum atomic E-state index is -1.02. The van der Waals surface area contributed by atoms with Crippen molar-refractivity contribution in [3.8, 4) is 39.9 Å². The molecule has 13 nitrogen and oxygen atoms in total. The Hall–Kier alpha value is -3.85. The lowest BCUT2D eigenvalue weighted by Crippen LogP contribution is -2.59. The van der Waals surface area contributed by atoms with E-state index < -0.39 is 42.5 Å². The number of carbonyl (C=O) groups is 1. The third-order valence-electron chi connectivity index (χ3n) is 8.47. The minimum Gasteiger partial charge on any atom is -0.493 e. The Morgan fingerprint density at radius 1 is 0.872 bits per heavy atom. The van der Waals surface area contributed by atoms with E-state index in [-0.39, 0.29) is 25.6 Å². The number of methoxy groups -OCH3 is 6. The predicted molar refractivity (Wildman–Crippen MR) is 166 cm³/mol. The quantitative estimate of drug-likeness (QED) is 0.270. The third-order valence-corrected chi connectivity index (χ3v) is 8.47. The Bertz CT molecular complexity index is 1640. The van der Waals surface area contributed by atoms with Crippen molar-refractivity contribution in [2.45, 2.75) is 56.9 Å². The maximum atomic E-state index is 13.8. The molecule has 3 aromatic rings. The Balaban J connectivity index is 1.61. The number of fused-ring (bicyclic) bond motifs is 3. The molecule has 5 unspecified atom stereocenters. The molecule has 0 amide bonds. The molecule has 47 heavy (non-hydrogen) atoms. The van der Waals surface area contributed by atoms with Crippen LogP contribution in [0.2, 0.25) is 0 Å². The van der Waals surface area contributed by atoms with Crippen LogP contribution < -0.4 is 23.7 Å². The van der Waals surface area contributed by atoms with Gasteiger partial charge < -0.3 is 56.8 Å². The molecule has 3 heterocycles. The molecule has 0 N–H and O–H groups in total. The van der Waals surface area contributed by atoms with Gasteiger partial charge >= 0.3 is 5.97 Å². The molecule has 254 valence electrons. The van der Waals surface area contributed by atoms with E-state index in [1.165, 1.54) is 14.2 Å². The first-order chi connectivity index (χ1) is 22.7. The topological polar surface area (TPSA) is 128 Å². The van der Waals surface area contributed by atoms with Gasteiger partial charge in [0.2, 0.25) is 13.1 Å². The first-order valence-corrected chi connectivity index (χ1v) is 15.1. The first-order valence-electron chi connectivity index (χ1n) is 15.1. The average molecular weight is 657 g/mol. The molecule has 3 aliphatic heterocycles. The van der Waals surface area contributed by atoms with E-state index in [1.54, 1.807) is 46.6 Å². The Morgan fingerprint density at radius 2 is 1.57 bits per heavy atom. The van der Waals surface area contributed by atoms with Crippen LogP contribution in [0.4, 0.5) is 0 Å². The van der Waals surface area contributed by atoms with Gasteiger partial charge in [-0.15, -0.1) is 0 Å². The van der Waals surface area contributed by atoms with Crippen molar-refractivity contribution in [2.75, 3.05) is 56.1 Å². The molecule has 2 saturated heterocycles. The molecule has 0 bridgehead atoms. The standard InChI is InChI=1S/C34H40O13/c1-34(2)46-29-25(15-37-4)44-33(31(40-7)30(29)47-34)45-28-19-13-23(39-6)22(38-5)12-18(19)26(27(32(35)41-8)20(28)14-36-3)17-9-10-21-24(11-17)43-16-42-21/h9-13,25,29-31,33H,14-16H2,1-8H3. The zero-order valence-electron chi connectivity index (χ0n) is 27.7. The van der Waals surface area contributed by atoms with Crippen molar-refractivity contribution in [3.63, 3.8) is 0 Å². The molecule has 0 saturated carbocycles. The van der Waals surface area contributed by atoms with Gasteiger partial charge in [0.25, 0.3) is 0 Å². The van der Waals surface area contributed by atoms with Crippen LogP contribution in [-0.4, -0.2) is 98.5 Å². The van der Waals surface area contributed by atoms with Crippen molar-refractivity contribution < 1.29 is 61.6 Å². The lowest BCUT2D eigenvalue weighted by Gasteiger charge is -2.41. The highest BCUT2D eigenvalue weighted by atomic mass is 16.8. The molecule has 0 radical (unpaired) electrons. The first kappa shape index (κ1) is 33.1. The van der Waals surface area contributed by atoms with Crippen LogP contribution in [-0.2, 0) is 39.8 Å². The van der Waals surface area contributed by atoms with Gasteiger partial charge in [-0.05, 0) is 49.1 Å². The summed E-state index contributed by atoms with van der Waals surface area (Å²) in [5, 5.41) is 1.19. The van der Waals surface area contributed by atoms with Crippen LogP contribution in [0.1, 0.15) is 29.8 Å². The number of carbonyl (C=O) groups excluding carboxylic acids is 1. The summed E-state index contributed by atoms with van der Waals surface area (Å²) in [7, 11) is 9.07. The lowest BCUT2D eigenvalue weighted by atomic mass is 9.88. The number of rotatable bonds is 11. The van der Waals surface area contributed by atoms with Crippen molar-refractivity contribution in [3.05, 3.63) is 41.5 Å². The molecule has 3 aromatic carbocycles. The van der Waals surface area contributed by atoms with Crippen molar-refractivity contribution >= 4 is 16.7 Å². The van der Waals surface area contributed by atoms with Crippen LogP contribution in [0, 0.1) is 0 Å². The van der Waals surface area contributed by atoms with E-state index >= 15 is 0 Å². The molecule has 0 aromatic heterocycles. The van der Waals surface area contributed by atoms with Gasteiger partial charge in [-0.2, -0.15) is 0 Å². The summed E-state index contributed by atoms with van der Waals surface area (Å²) in [5.41, 5.74) is 1.85. The monoisotopic (exact) mass is 656 g/mol. The summed E-state index contributed by atoms with van der Waals surface area (Å²) in [6.07, 6.45) is -3.33. The number of hydrogen-bond acceptors (Lipinski definition) is 13. The van der Waals surface area contributed by atoms with Gasteiger partial charge in [0.05, 0.1) is 40.1 Å². The van der Waals surface area contributed by atoms with Gasteiger partial charge in [-0.3, -0.25) is 0 Å².